The predicted octanol–water partition coefficient (Wildman–Crippen LogP) is 3.60. The molecule has 158 valence electrons. The number of benzene rings is 2. The van der Waals surface area contributed by atoms with E-state index in [-0.39, 0.29) is 5.56 Å². The van der Waals surface area contributed by atoms with E-state index >= 15 is 0 Å². The lowest BCUT2D eigenvalue weighted by atomic mass is 10.1. The average molecular weight is 415 g/mol. The molecule has 1 aliphatic heterocycles. The van der Waals surface area contributed by atoms with Gasteiger partial charge in [0.05, 0.1) is 17.9 Å². The molecule has 4 aromatic rings. The molecule has 0 saturated carbocycles. The Hall–Kier alpha value is -3.22. The lowest BCUT2D eigenvalue weighted by molar-refractivity contribution is 0.188. The number of ether oxygens (including phenoxy) is 1. The molecule has 0 radical (unpaired) electrons. The minimum atomic E-state index is -0.0314. The summed E-state index contributed by atoms with van der Waals surface area (Å²) in [4.78, 5) is 22.9. The largest absolute Gasteiger partial charge is 0.383 e. The van der Waals surface area contributed by atoms with Crippen LogP contribution in [0, 0.1) is 0 Å². The molecule has 0 amide bonds. The number of hydrogen-bond donors (Lipinski definition) is 1. The monoisotopic (exact) mass is 414 g/mol. The topological polar surface area (TPSA) is 63.1 Å². The molecule has 0 fully saturated rings. The number of H-pyrrole nitrogens is 1. The van der Waals surface area contributed by atoms with Gasteiger partial charge in [0.2, 0.25) is 0 Å². The molecule has 2 aromatic heterocycles. The van der Waals surface area contributed by atoms with Crippen LogP contribution in [0.3, 0.4) is 0 Å². The quantitative estimate of drug-likeness (QED) is 0.524. The number of hydrogen-bond acceptors (Lipinski definition) is 4. The summed E-state index contributed by atoms with van der Waals surface area (Å²) in [5.74, 6) is 0.652. The van der Waals surface area contributed by atoms with Crippen molar-refractivity contribution < 1.29 is 4.74 Å². The van der Waals surface area contributed by atoms with Crippen molar-refractivity contribution in [3.05, 3.63) is 88.0 Å². The van der Waals surface area contributed by atoms with E-state index in [2.05, 4.69) is 44.9 Å². The number of nitrogens with zero attached hydrogens (tertiary/aromatic N) is 3. The van der Waals surface area contributed by atoms with Crippen LogP contribution >= 0.6 is 0 Å². The molecule has 6 nitrogen and oxygen atoms in total. The number of rotatable bonds is 6. The first-order chi connectivity index (χ1) is 15.2. The smallest absolute Gasteiger partial charge is 0.255 e. The zero-order valence-corrected chi connectivity index (χ0v) is 17.7. The van der Waals surface area contributed by atoms with Gasteiger partial charge in [-0.3, -0.25) is 9.69 Å². The summed E-state index contributed by atoms with van der Waals surface area (Å²) < 4.78 is 7.53. The van der Waals surface area contributed by atoms with Crippen molar-refractivity contribution in [3.63, 3.8) is 0 Å². The third-order valence-corrected chi connectivity index (χ3v) is 6.00. The highest BCUT2D eigenvalue weighted by atomic mass is 16.5. The molecule has 0 atom stereocenters. The summed E-state index contributed by atoms with van der Waals surface area (Å²) >= 11 is 0. The fourth-order valence-corrected chi connectivity index (χ4v) is 4.41. The van der Waals surface area contributed by atoms with Crippen LogP contribution in [0.1, 0.15) is 16.8 Å². The molecule has 31 heavy (non-hydrogen) atoms. The Morgan fingerprint density at radius 2 is 1.90 bits per heavy atom. The fraction of sp³-hybridized carbons (Fsp3) is 0.280. The van der Waals surface area contributed by atoms with E-state index < -0.39 is 0 Å². The summed E-state index contributed by atoms with van der Waals surface area (Å²) in [6, 6.07) is 18.3. The second-order valence-electron chi connectivity index (χ2n) is 8.02. The lowest BCUT2D eigenvalue weighted by Crippen LogP contribution is -2.35. The number of methoxy groups -OCH3 is 1. The van der Waals surface area contributed by atoms with Gasteiger partial charge in [-0.25, -0.2) is 4.98 Å². The molecule has 0 saturated heterocycles. The molecule has 0 aliphatic carbocycles. The van der Waals surface area contributed by atoms with Gasteiger partial charge >= 0.3 is 0 Å². The third kappa shape index (κ3) is 3.92. The van der Waals surface area contributed by atoms with Crippen LogP contribution in [0.15, 0.2) is 65.6 Å². The Labute approximate surface area is 181 Å². The number of nitrogens with one attached hydrogen (secondary N) is 1. The molecule has 5 rings (SSSR count). The summed E-state index contributed by atoms with van der Waals surface area (Å²) in [6.07, 6.45) is 3.00. The minimum absolute atomic E-state index is 0.0314. The maximum atomic E-state index is 12.9. The van der Waals surface area contributed by atoms with E-state index in [4.69, 9.17) is 9.72 Å². The molecule has 1 N–H and O–H groups in total. The standard InChI is InChI=1S/C25H26N4O2/c1-31-14-13-29-16-19(20-9-5-6-10-23(20)29)15-28-12-11-22-21(17-28)25(30)27-24(26-22)18-7-3-2-4-8-18/h2-10,16H,11-15,17H2,1H3,(H,26,27,30). The summed E-state index contributed by atoms with van der Waals surface area (Å²) in [6.45, 7) is 3.81. The van der Waals surface area contributed by atoms with Gasteiger partial charge in [0.25, 0.3) is 5.56 Å². The van der Waals surface area contributed by atoms with Crippen molar-refractivity contribution in [2.75, 3.05) is 20.3 Å². The van der Waals surface area contributed by atoms with Gasteiger partial charge in [0.15, 0.2) is 0 Å². The zero-order chi connectivity index (χ0) is 21.2. The molecular weight excluding hydrogens is 388 g/mol. The molecule has 3 heterocycles. The van der Waals surface area contributed by atoms with E-state index in [9.17, 15) is 4.79 Å². The Morgan fingerprint density at radius 1 is 1.10 bits per heavy atom. The van der Waals surface area contributed by atoms with Gasteiger partial charge < -0.3 is 14.3 Å². The van der Waals surface area contributed by atoms with Gasteiger partial charge in [-0.1, -0.05) is 48.5 Å². The van der Waals surface area contributed by atoms with Crippen molar-refractivity contribution in [2.24, 2.45) is 0 Å². The lowest BCUT2D eigenvalue weighted by Gasteiger charge is -2.27. The fourth-order valence-electron chi connectivity index (χ4n) is 4.41. The first-order valence-corrected chi connectivity index (χ1v) is 10.7. The third-order valence-electron chi connectivity index (χ3n) is 6.00. The number of aromatic nitrogens is 3. The Kier molecular flexibility index (Phi) is 5.40. The van der Waals surface area contributed by atoms with Crippen molar-refractivity contribution in [3.8, 4) is 11.4 Å². The summed E-state index contributed by atoms with van der Waals surface area (Å²) in [5, 5.41) is 1.26. The molecule has 1 aliphatic rings. The maximum Gasteiger partial charge on any atom is 0.255 e. The summed E-state index contributed by atoms with van der Waals surface area (Å²) in [7, 11) is 1.73. The SMILES string of the molecule is COCCn1cc(CN2CCc3nc(-c4ccccc4)[nH]c(=O)c3C2)c2ccccc21. The van der Waals surface area contributed by atoms with E-state index in [1.807, 2.05) is 30.3 Å². The molecule has 0 unspecified atom stereocenters. The van der Waals surface area contributed by atoms with Crippen molar-refractivity contribution in [1.82, 2.24) is 19.4 Å². The molecular formula is C25H26N4O2. The van der Waals surface area contributed by atoms with E-state index in [0.717, 1.165) is 42.9 Å². The normalized spacial score (nSPS) is 14.1. The highest BCUT2D eigenvalue weighted by Gasteiger charge is 2.22. The highest BCUT2D eigenvalue weighted by molar-refractivity contribution is 5.84. The van der Waals surface area contributed by atoms with Gasteiger partial charge in [-0.05, 0) is 11.6 Å². The Balaban J connectivity index is 1.40. The van der Waals surface area contributed by atoms with Gasteiger partial charge in [-0.15, -0.1) is 0 Å². The average Bonchev–Trinajstić information content (AvgIpc) is 3.16. The van der Waals surface area contributed by atoms with E-state index in [0.29, 0.717) is 19.0 Å². The second-order valence-corrected chi connectivity index (χ2v) is 8.02. The minimum Gasteiger partial charge on any atom is -0.383 e. The number of aromatic amines is 1. The van der Waals surface area contributed by atoms with Crippen molar-refractivity contribution in [1.29, 1.82) is 0 Å². The van der Waals surface area contributed by atoms with Gasteiger partial charge in [0.1, 0.15) is 5.82 Å². The predicted molar refractivity (Wildman–Crippen MR) is 122 cm³/mol. The van der Waals surface area contributed by atoms with E-state index in [1.54, 1.807) is 7.11 Å². The molecule has 6 heteroatoms. The molecule has 0 spiro atoms. The first kappa shape index (κ1) is 19.7. The Morgan fingerprint density at radius 3 is 2.74 bits per heavy atom. The van der Waals surface area contributed by atoms with Crippen molar-refractivity contribution >= 4 is 10.9 Å². The first-order valence-electron chi connectivity index (χ1n) is 10.7. The molecule has 2 aromatic carbocycles. The summed E-state index contributed by atoms with van der Waals surface area (Å²) in [5.41, 5.74) is 5.11. The van der Waals surface area contributed by atoms with Crippen LogP contribution in [0.25, 0.3) is 22.3 Å². The van der Waals surface area contributed by atoms with Gasteiger partial charge in [-0.2, -0.15) is 0 Å². The zero-order valence-electron chi connectivity index (χ0n) is 17.7. The van der Waals surface area contributed by atoms with Crippen LogP contribution in [-0.4, -0.2) is 39.7 Å². The van der Waals surface area contributed by atoms with Crippen LogP contribution in [0.2, 0.25) is 0 Å². The van der Waals surface area contributed by atoms with E-state index in [1.165, 1.54) is 16.5 Å². The van der Waals surface area contributed by atoms with Gasteiger partial charge in [0, 0.05) is 62.4 Å². The van der Waals surface area contributed by atoms with Crippen LogP contribution in [0.4, 0.5) is 0 Å². The second kappa shape index (κ2) is 8.49. The van der Waals surface area contributed by atoms with Crippen molar-refractivity contribution in [2.45, 2.75) is 26.1 Å². The maximum absolute atomic E-state index is 12.9. The van der Waals surface area contributed by atoms with Crippen LogP contribution in [-0.2, 0) is 30.8 Å². The number of para-hydroxylation sites is 1. The number of fused-ring (bicyclic) bond motifs is 2. The highest BCUT2D eigenvalue weighted by Crippen LogP contribution is 2.25. The van der Waals surface area contributed by atoms with Crippen LogP contribution < -0.4 is 5.56 Å². The van der Waals surface area contributed by atoms with Crippen LogP contribution in [0.5, 0.6) is 0 Å². The Bertz CT molecular complexity index is 1260. The molecule has 0 bridgehead atoms.